The number of rotatable bonds is 8. The maximum atomic E-state index is 9.02. The van der Waals surface area contributed by atoms with Crippen LogP contribution in [0.25, 0.3) is 0 Å². The molecule has 0 aliphatic rings. The lowest BCUT2D eigenvalue weighted by molar-refractivity contribution is 0.189. The average molecular weight is 198 g/mol. The van der Waals surface area contributed by atoms with Crippen molar-refractivity contribution in [2.45, 2.75) is 45.1 Å². The summed E-state index contributed by atoms with van der Waals surface area (Å²) in [6, 6.07) is 2.34. The van der Waals surface area contributed by atoms with Crippen molar-refractivity contribution in [3.8, 4) is 6.07 Å². The predicted molar refractivity (Wildman–Crippen MR) is 58.0 cm³/mol. The second-order valence-corrected chi connectivity index (χ2v) is 3.82. The van der Waals surface area contributed by atoms with Crippen molar-refractivity contribution in [1.29, 1.82) is 5.26 Å². The van der Waals surface area contributed by atoms with Crippen molar-refractivity contribution < 1.29 is 4.74 Å². The zero-order chi connectivity index (χ0) is 10.9. The molecule has 0 aromatic carbocycles. The predicted octanol–water partition coefficient (Wildman–Crippen LogP) is 2.08. The molecule has 3 nitrogen and oxygen atoms in total. The molecular formula is C11H22N2O. The molecule has 14 heavy (non-hydrogen) atoms. The highest BCUT2D eigenvalue weighted by Gasteiger charge is 2.21. The lowest BCUT2D eigenvalue weighted by atomic mass is 9.96. The highest BCUT2D eigenvalue weighted by molar-refractivity contribution is 5.03. The molecular weight excluding hydrogens is 176 g/mol. The van der Waals surface area contributed by atoms with Gasteiger partial charge in [0, 0.05) is 13.7 Å². The van der Waals surface area contributed by atoms with Crippen LogP contribution in [0.1, 0.15) is 39.5 Å². The molecule has 3 heteroatoms. The molecule has 1 atom stereocenters. The van der Waals surface area contributed by atoms with Gasteiger partial charge in [0.2, 0.25) is 0 Å². The van der Waals surface area contributed by atoms with Gasteiger partial charge in [0.15, 0.2) is 0 Å². The summed E-state index contributed by atoms with van der Waals surface area (Å²) in [5.41, 5.74) is -0.357. The molecule has 0 heterocycles. The van der Waals surface area contributed by atoms with Crippen LogP contribution in [0.3, 0.4) is 0 Å². The Bertz CT molecular complexity index is 177. The van der Waals surface area contributed by atoms with E-state index in [-0.39, 0.29) is 5.54 Å². The number of ether oxygens (including phenoxy) is 1. The van der Waals surface area contributed by atoms with Crippen molar-refractivity contribution in [2.75, 3.05) is 20.3 Å². The monoisotopic (exact) mass is 198 g/mol. The summed E-state index contributed by atoms with van der Waals surface area (Å²) < 4.78 is 4.97. The van der Waals surface area contributed by atoms with Gasteiger partial charge in [-0.15, -0.1) is 0 Å². The number of methoxy groups -OCH3 is 1. The second-order valence-electron chi connectivity index (χ2n) is 3.82. The summed E-state index contributed by atoms with van der Waals surface area (Å²) in [4.78, 5) is 0. The van der Waals surface area contributed by atoms with E-state index < -0.39 is 0 Å². The largest absolute Gasteiger partial charge is 0.385 e. The van der Waals surface area contributed by atoms with E-state index in [4.69, 9.17) is 10.00 Å². The highest BCUT2D eigenvalue weighted by atomic mass is 16.5. The van der Waals surface area contributed by atoms with Crippen molar-refractivity contribution in [1.82, 2.24) is 5.32 Å². The number of hydrogen-bond donors (Lipinski definition) is 1. The molecule has 0 saturated carbocycles. The lowest BCUT2D eigenvalue weighted by Crippen LogP contribution is -2.41. The summed E-state index contributed by atoms with van der Waals surface area (Å²) in [6.45, 7) is 5.77. The molecule has 0 bridgehead atoms. The Balaban J connectivity index is 3.70. The number of nitriles is 1. The van der Waals surface area contributed by atoms with Gasteiger partial charge >= 0.3 is 0 Å². The van der Waals surface area contributed by atoms with Crippen LogP contribution < -0.4 is 5.32 Å². The van der Waals surface area contributed by atoms with E-state index >= 15 is 0 Å². The third-order valence-electron chi connectivity index (χ3n) is 2.29. The first kappa shape index (κ1) is 13.4. The van der Waals surface area contributed by atoms with Gasteiger partial charge in [-0.3, -0.25) is 5.32 Å². The number of unbranched alkanes of at least 4 members (excludes halogenated alkanes) is 1. The van der Waals surface area contributed by atoms with Crippen LogP contribution in [0.2, 0.25) is 0 Å². The summed E-state index contributed by atoms with van der Waals surface area (Å²) >= 11 is 0. The Morgan fingerprint density at radius 2 is 2.14 bits per heavy atom. The van der Waals surface area contributed by atoms with Crippen molar-refractivity contribution >= 4 is 0 Å². The van der Waals surface area contributed by atoms with Crippen LogP contribution in [-0.2, 0) is 4.74 Å². The Hall–Kier alpha value is -0.590. The van der Waals surface area contributed by atoms with Gasteiger partial charge in [-0.1, -0.05) is 6.92 Å². The quantitative estimate of drug-likeness (QED) is 0.607. The van der Waals surface area contributed by atoms with Crippen molar-refractivity contribution in [3.05, 3.63) is 0 Å². The van der Waals surface area contributed by atoms with Crippen LogP contribution in [0, 0.1) is 11.3 Å². The van der Waals surface area contributed by atoms with E-state index in [1.165, 1.54) is 0 Å². The summed E-state index contributed by atoms with van der Waals surface area (Å²) in [5.74, 6) is 0. The first-order chi connectivity index (χ1) is 6.68. The minimum absolute atomic E-state index is 0.357. The maximum Gasteiger partial charge on any atom is 0.103 e. The van der Waals surface area contributed by atoms with Crippen molar-refractivity contribution in [3.63, 3.8) is 0 Å². The molecule has 0 amide bonds. The molecule has 1 unspecified atom stereocenters. The van der Waals surface area contributed by atoms with Gasteiger partial charge in [-0.05, 0) is 39.2 Å². The van der Waals surface area contributed by atoms with Gasteiger partial charge in [-0.25, -0.2) is 0 Å². The summed E-state index contributed by atoms with van der Waals surface area (Å²) in [6.07, 6.45) is 4.03. The fourth-order valence-electron chi connectivity index (χ4n) is 1.31. The fraction of sp³-hybridized carbons (Fsp3) is 0.909. The van der Waals surface area contributed by atoms with E-state index in [9.17, 15) is 0 Å². The molecule has 0 saturated heterocycles. The van der Waals surface area contributed by atoms with Gasteiger partial charge < -0.3 is 4.74 Å². The molecule has 1 N–H and O–H groups in total. The van der Waals surface area contributed by atoms with E-state index in [0.29, 0.717) is 0 Å². The molecule has 0 aromatic heterocycles. The molecule has 0 spiro atoms. The van der Waals surface area contributed by atoms with Gasteiger partial charge in [0.25, 0.3) is 0 Å². The molecule has 0 rings (SSSR count). The fourth-order valence-corrected chi connectivity index (χ4v) is 1.31. The Morgan fingerprint density at radius 3 is 2.64 bits per heavy atom. The van der Waals surface area contributed by atoms with Crippen molar-refractivity contribution in [2.24, 2.45) is 0 Å². The average Bonchev–Trinajstić information content (AvgIpc) is 2.22. The zero-order valence-corrected chi connectivity index (χ0v) is 9.60. The standard InChI is InChI=1S/C11H22N2O/c1-4-8-13-11(2,10-12)7-5-6-9-14-3/h13H,4-9H2,1-3H3. The number of hydrogen-bond acceptors (Lipinski definition) is 3. The topological polar surface area (TPSA) is 45.0 Å². The van der Waals surface area contributed by atoms with Gasteiger partial charge in [0.1, 0.15) is 5.54 Å². The summed E-state index contributed by atoms with van der Waals surface area (Å²) in [5, 5.41) is 12.3. The van der Waals surface area contributed by atoms with E-state index in [1.54, 1.807) is 7.11 Å². The van der Waals surface area contributed by atoms with E-state index in [0.717, 1.165) is 38.8 Å². The van der Waals surface area contributed by atoms with Gasteiger partial charge in [-0.2, -0.15) is 5.26 Å². The first-order valence-corrected chi connectivity index (χ1v) is 5.33. The van der Waals surface area contributed by atoms with Crippen LogP contribution in [0.4, 0.5) is 0 Å². The highest BCUT2D eigenvalue weighted by Crippen LogP contribution is 2.12. The molecule has 0 radical (unpaired) electrons. The zero-order valence-electron chi connectivity index (χ0n) is 9.60. The smallest absolute Gasteiger partial charge is 0.103 e. The lowest BCUT2D eigenvalue weighted by Gasteiger charge is -2.22. The Kier molecular flexibility index (Phi) is 7.45. The maximum absolute atomic E-state index is 9.02. The van der Waals surface area contributed by atoms with Crippen LogP contribution in [-0.4, -0.2) is 25.8 Å². The van der Waals surface area contributed by atoms with Crippen LogP contribution in [0.5, 0.6) is 0 Å². The molecule has 82 valence electrons. The second kappa shape index (κ2) is 7.78. The van der Waals surface area contributed by atoms with Crippen LogP contribution >= 0.6 is 0 Å². The molecule has 0 aliphatic carbocycles. The van der Waals surface area contributed by atoms with Gasteiger partial charge in [0.05, 0.1) is 6.07 Å². The third kappa shape index (κ3) is 5.95. The number of nitrogens with one attached hydrogen (secondary N) is 1. The van der Waals surface area contributed by atoms with Crippen LogP contribution in [0.15, 0.2) is 0 Å². The third-order valence-corrected chi connectivity index (χ3v) is 2.29. The van der Waals surface area contributed by atoms with E-state index in [1.807, 2.05) is 6.92 Å². The Labute approximate surface area is 87.4 Å². The van der Waals surface area contributed by atoms with E-state index in [2.05, 4.69) is 18.3 Å². The minimum Gasteiger partial charge on any atom is -0.385 e. The SMILES string of the molecule is CCCNC(C)(C#N)CCCCOC. The minimum atomic E-state index is -0.357. The number of nitrogens with zero attached hydrogens (tertiary/aromatic N) is 1. The molecule has 0 aromatic rings. The normalized spacial score (nSPS) is 14.7. The molecule has 0 aliphatic heterocycles. The molecule has 0 fully saturated rings. The summed E-state index contributed by atoms with van der Waals surface area (Å²) in [7, 11) is 1.71. The Morgan fingerprint density at radius 1 is 1.43 bits per heavy atom. The first-order valence-electron chi connectivity index (χ1n) is 5.33.